The topological polar surface area (TPSA) is 43.4 Å². The van der Waals surface area contributed by atoms with Crippen LogP contribution in [0.1, 0.15) is 39.0 Å². The van der Waals surface area contributed by atoms with Gasteiger partial charge in [0.2, 0.25) is 0 Å². The van der Waals surface area contributed by atoms with Crippen molar-refractivity contribution in [3.8, 4) is 0 Å². The van der Waals surface area contributed by atoms with E-state index >= 15 is 0 Å². The fourth-order valence-electron chi connectivity index (χ4n) is 1.14. The molecule has 4 heteroatoms. The molecule has 0 bridgehead atoms. The van der Waals surface area contributed by atoms with Gasteiger partial charge in [-0.2, -0.15) is 11.8 Å². The lowest BCUT2D eigenvalue weighted by atomic mass is 10.1. The highest BCUT2D eigenvalue weighted by atomic mass is 32.2. The van der Waals surface area contributed by atoms with Gasteiger partial charge >= 0.3 is 5.97 Å². The Labute approximate surface area is 95.9 Å². The summed E-state index contributed by atoms with van der Waals surface area (Å²) < 4.78 is 4.46. The summed E-state index contributed by atoms with van der Waals surface area (Å²) in [6, 6.07) is 0. The molecule has 0 aromatic carbocycles. The summed E-state index contributed by atoms with van der Waals surface area (Å²) >= 11 is 1.90. The van der Waals surface area contributed by atoms with Crippen LogP contribution in [-0.2, 0) is 14.3 Å². The molecule has 0 unspecified atom stereocenters. The number of esters is 1. The zero-order chi connectivity index (χ0) is 11.5. The largest absolute Gasteiger partial charge is 0.469 e. The van der Waals surface area contributed by atoms with Crippen molar-refractivity contribution in [2.45, 2.75) is 39.0 Å². The molecular formula is C11H20O3S. The number of ether oxygens (including phenoxy) is 1. The first-order chi connectivity index (χ1) is 7.20. The SMILES string of the molecule is CCSCCCCC(=O)CCC(=O)OC. The minimum Gasteiger partial charge on any atom is -0.469 e. The van der Waals surface area contributed by atoms with E-state index in [4.69, 9.17) is 0 Å². The van der Waals surface area contributed by atoms with Crippen molar-refractivity contribution in [1.82, 2.24) is 0 Å². The number of ketones is 1. The van der Waals surface area contributed by atoms with E-state index in [-0.39, 0.29) is 18.2 Å². The maximum Gasteiger partial charge on any atom is 0.305 e. The summed E-state index contributed by atoms with van der Waals surface area (Å²) in [4.78, 5) is 22.0. The van der Waals surface area contributed by atoms with Gasteiger partial charge in [-0.3, -0.25) is 9.59 Å². The van der Waals surface area contributed by atoms with Gasteiger partial charge in [-0.15, -0.1) is 0 Å². The Kier molecular flexibility index (Phi) is 9.68. The summed E-state index contributed by atoms with van der Waals surface area (Å²) in [5.41, 5.74) is 0. The van der Waals surface area contributed by atoms with E-state index in [1.54, 1.807) is 0 Å². The lowest BCUT2D eigenvalue weighted by Gasteiger charge is -2.00. The molecule has 0 radical (unpaired) electrons. The Balaban J connectivity index is 3.30. The molecule has 0 saturated carbocycles. The maximum atomic E-state index is 11.3. The lowest BCUT2D eigenvalue weighted by molar-refractivity contribution is -0.141. The quantitative estimate of drug-likeness (QED) is 0.452. The monoisotopic (exact) mass is 232 g/mol. The van der Waals surface area contributed by atoms with E-state index < -0.39 is 0 Å². The van der Waals surface area contributed by atoms with E-state index in [0.717, 1.165) is 24.3 Å². The fourth-order valence-corrected chi connectivity index (χ4v) is 1.84. The smallest absolute Gasteiger partial charge is 0.305 e. The molecular weight excluding hydrogens is 212 g/mol. The van der Waals surface area contributed by atoms with E-state index in [0.29, 0.717) is 12.8 Å². The zero-order valence-electron chi connectivity index (χ0n) is 9.58. The molecule has 0 aliphatic rings. The zero-order valence-corrected chi connectivity index (χ0v) is 10.4. The summed E-state index contributed by atoms with van der Waals surface area (Å²) in [5.74, 6) is 2.13. The number of carbonyl (C=O) groups is 2. The number of hydrogen-bond donors (Lipinski definition) is 0. The highest BCUT2D eigenvalue weighted by Gasteiger charge is 2.06. The van der Waals surface area contributed by atoms with Gasteiger partial charge in [0.15, 0.2) is 0 Å². The van der Waals surface area contributed by atoms with Crippen molar-refractivity contribution in [2.75, 3.05) is 18.6 Å². The minimum atomic E-state index is -0.301. The Hall–Kier alpha value is -0.510. The number of Topliss-reactive ketones (excluding diaryl/α,β-unsaturated/α-hetero) is 1. The van der Waals surface area contributed by atoms with Gasteiger partial charge in [0.1, 0.15) is 5.78 Å². The predicted octanol–water partition coefficient (Wildman–Crippen LogP) is 2.43. The van der Waals surface area contributed by atoms with Crippen LogP contribution in [0, 0.1) is 0 Å². The van der Waals surface area contributed by atoms with Crippen molar-refractivity contribution in [2.24, 2.45) is 0 Å². The first kappa shape index (κ1) is 14.5. The summed E-state index contributed by atoms with van der Waals surface area (Å²) in [6.07, 6.45) is 3.17. The van der Waals surface area contributed by atoms with Crippen LogP contribution in [0.5, 0.6) is 0 Å². The molecule has 0 aliphatic carbocycles. The fraction of sp³-hybridized carbons (Fsp3) is 0.818. The third-order valence-electron chi connectivity index (χ3n) is 2.03. The molecule has 0 heterocycles. The number of hydrogen-bond acceptors (Lipinski definition) is 4. The summed E-state index contributed by atoms with van der Waals surface area (Å²) in [6.45, 7) is 2.13. The van der Waals surface area contributed by atoms with Crippen LogP contribution >= 0.6 is 11.8 Å². The van der Waals surface area contributed by atoms with Crippen LogP contribution in [-0.4, -0.2) is 30.4 Å². The number of unbranched alkanes of at least 4 members (excludes halogenated alkanes) is 1. The van der Waals surface area contributed by atoms with Crippen LogP contribution in [0.4, 0.5) is 0 Å². The van der Waals surface area contributed by atoms with E-state index in [1.165, 1.54) is 7.11 Å². The summed E-state index contributed by atoms with van der Waals surface area (Å²) in [7, 11) is 1.34. The Morgan fingerprint density at radius 2 is 1.87 bits per heavy atom. The number of thioether (sulfide) groups is 1. The molecule has 88 valence electrons. The van der Waals surface area contributed by atoms with E-state index in [9.17, 15) is 9.59 Å². The van der Waals surface area contributed by atoms with Crippen molar-refractivity contribution in [3.63, 3.8) is 0 Å². The van der Waals surface area contributed by atoms with Crippen LogP contribution < -0.4 is 0 Å². The van der Waals surface area contributed by atoms with Crippen LogP contribution in [0.2, 0.25) is 0 Å². The third-order valence-corrected chi connectivity index (χ3v) is 3.02. The normalized spacial score (nSPS) is 10.0. The number of methoxy groups -OCH3 is 1. The van der Waals surface area contributed by atoms with Gasteiger partial charge in [0.05, 0.1) is 13.5 Å². The standard InChI is InChI=1S/C11H20O3S/c1-3-15-9-5-4-6-10(12)7-8-11(13)14-2/h3-9H2,1-2H3. The number of rotatable bonds is 9. The van der Waals surface area contributed by atoms with Crippen molar-refractivity contribution >= 4 is 23.5 Å². The van der Waals surface area contributed by atoms with Crippen LogP contribution in [0.3, 0.4) is 0 Å². The second-order valence-electron chi connectivity index (χ2n) is 3.27. The Morgan fingerprint density at radius 1 is 1.13 bits per heavy atom. The van der Waals surface area contributed by atoms with Gasteiger partial charge in [0.25, 0.3) is 0 Å². The minimum absolute atomic E-state index is 0.168. The molecule has 0 fully saturated rings. The number of carbonyl (C=O) groups excluding carboxylic acids is 2. The van der Waals surface area contributed by atoms with Gasteiger partial charge in [-0.1, -0.05) is 6.92 Å². The average Bonchev–Trinajstić information content (AvgIpc) is 2.25. The van der Waals surface area contributed by atoms with E-state index in [2.05, 4.69) is 11.7 Å². The highest BCUT2D eigenvalue weighted by molar-refractivity contribution is 7.99. The molecule has 15 heavy (non-hydrogen) atoms. The van der Waals surface area contributed by atoms with Crippen LogP contribution in [0.25, 0.3) is 0 Å². The first-order valence-corrected chi connectivity index (χ1v) is 6.52. The molecule has 3 nitrogen and oxygen atoms in total. The van der Waals surface area contributed by atoms with Gasteiger partial charge < -0.3 is 4.74 Å². The molecule has 0 amide bonds. The molecule has 0 aromatic rings. The van der Waals surface area contributed by atoms with E-state index in [1.807, 2.05) is 11.8 Å². The predicted molar refractivity (Wildman–Crippen MR) is 63.1 cm³/mol. The van der Waals surface area contributed by atoms with Crippen molar-refractivity contribution < 1.29 is 14.3 Å². The summed E-state index contributed by atoms with van der Waals surface area (Å²) in [5, 5.41) is 0. The molecule has 0 aromatic heterocycles. The van der Waals surface area contributed by atoms with Gasteiger partial charge in [-0.25, -0.2) is 0 Å². The second-order valence-corrected chi connectivity index (χ2v) is 4.66. The molecule has 0 N–H and O–H groups in total. The molecule has 0 rings (SSSR count). The highest BCUT2D eigenvalue weighted by Crippen LogP contribution is 2.07. The second kappa shape index (κ2) is 10.0. The Morgan fingerprint density at radius 3 is 2.47 bits per heavy atom. The van der Waals surface area contributed by atoms with Gasteiger partial charge in [-0.05, 0) is 24.3 Å². The Bertz CT molecular complexity index is 192. The van der Waals surface area contributed by atoms with Gasteiger partial charge in [0, 0.05) is 12.8 Å². The van der Waals surface area contributed by atoms with Crippen molar-refractivity contribution in [1.29, 1.82) is 0 Å². The van der Waals surface area contributed by atoms with Crippen LogP contribution in [0.15, 0.2) is 0 Å². The third kappa shape index (κ3) is 9.79. The maximum absolute atomic E-state index is 11.3. The molecule has 0 saturated heterocycles. The molecule has 0 atom stereocenters. The average molecular weight is 232 g/mol. The molecule has 0 spiro atoms. The van der Waals surface area contributed by atoms with Crippen molar-refractivity contribution in [3.05, 3.63) is 0 Å². The first-order valence-electron chi connectivity index (χ1n) is 5.37. The lowest BCUT2D eigenvalue weighted by Crippen LogP contribution is -2.05. The molecule has 0 aliphatic heterocycles.